The van der Waals surface area contributed by atoms with E-state index in [2.05, 4.69) is 12.2 Å². The number of rotatable bonds is 5. The van der Waals surface area contributed by atoms with E-state index in [1.54, 1.807) is 13.8 Å². The van der Waals surface area contributed by atoms with Crippen molar-refractivity contribution in [1.82, 2.24) is 5.32 Å². The van der Waals surface area contributed by atoms with Gasteiger partial charge < -0.3 is 11.1 Å². The lowest BCUT2D eigenvalue weighted by Gasteiger charge is -2.23. The maximum atomic E-state index is 11.6. The fourth-order valence-corrected chi connectivity index (χ4v) is 1.45. The molecule has 1 amide bonds. The van der Waals surface area contributed by atoms with E-state index in [9.17, 15) is 4.79 Å². The van der Waals surface area contributed by atoms with Crippen molar-refractivity contribution in [3.8, 4) is 0 Å². The van der Waals surface area contributed by atoms with Crippen LogP contribution in [0.5, 0.6) is 0 Å². The number of amides is 1. The minimum atomic E-state index is -0.753. The van der Waals surface area contributed by atoms with Crippen LogP contribution < -0.4 is 11.1 Å². The molecule has 1 fully saturated rings. The van der Waals surface area contributed by atoms with E-state index in [1.165, 1.54) is 12.8 Å². The largest absolute Gasteiger partial charge is 0.352 e. The van der Waals surface area contributed by atoms with E-state index in [4.69, 9.17) is 5.73 Å². The minimum Gasteiger partial charge on any atom is -0.352 e. The lowest BCUT2D eigenvalue weighted by Crippen LogP contribution is -2.52. The van der Waals surface area contributed by atoms with Crippen LogP contribution in [0.2, 0.25) is 0 Å². The van der Waals surface area contributed by atoms with Gasteiger partial charge in [-0.15, -0.1) is 0 Å². The van der Waals surface area contributed by atoms with Crippen LogP contribution in [0.3, 0.4) is 0 Å². The van der Waals surface area contributed by atoms with Crippen LogP contribution in [0.15, 0.2) is 0 Å². The van der Waals surface area contributed by atoms with Gasteiger partial charge in [0.2, 0.25) is 5.91 Å². The zero-order valence-corrected chi connectivity index (χ0v) is 9.47. The van der Waals surface area contributed by atoms with Crippen molar-refractivity contribution in [2.75, 3.05) is 0 Å². The number of nitrogens with two attached hydrogens (primary N) is 1. The molecule has 0 aromatic heterocycles. The third-order valence-electron chi connectivity index (χ3n) is 2.73. The molecule has 14 heavy (non-hydrogen) atoms. The van der Waals surface area contributed by atoms with E-state index in [1.807, 2.05) is 0 Å². The van der Waals surface area contributed by atoms with Crippen molar-refractivity contribution in [2.45, 2.75) is 58.0 Å². The average Bonchev–Trinajstić information content (AvgIpc) is 2.85. The molecular weight excluding hydrogens is 176 g/mol. The minimum absolute atomic E-state index is 0.0370. The second-order valence-corrected chi connectivity index (χ2v) is 4.98. The fraction of sp³-hybridized carbons (Fsp3) is 0.909. The zero-order valence-electron chi connectivity index (χ0n) is 9.47. The third kappa shape index (κ3) is 3.66. The normalized spacial score (nSPS) is 19.1. The molecule has 1 rings (SSSR count). The van der Waals surface area contributed by atoms with E-state index < -0.39 is 5.54 Å². The SMILES string of the molecule is CCC(CC1CC1)NC(=O)C(C)(C)N. The van der Waals surface area contributed by atoms with Gasteiger partial charge in [0.15, 0.2) is 0 Å². The molecular formula is C11H22N2O. The molecule has 0 aromatic carbocycles. The molecule has 1 aliphatic carbocycles. The average molecular weight is 198 g/mol. The summed E-state index contributed by atoms with van der Waals surface area (Å²) in [5.41, 5.74) is 4.96. The van der Waals surface area contributed by atoms with Gasteiger partial charge >= 0.3 is 0 Å². The van der Waals surface area contributed by atoms with E-state index in [-0.39, 0.29) is 5.91 Å². The Balaban J connectivity index is 2.34. The first kappa shape index (κ1) is 11.5. The van der Waals surface area contributed by atoms with Crippen LogP contribution in [-0.2, 0) is 4.79 Å². The first-order valence-corrected chi connectivity index (χ1v) is 5.53. The summed E-state index contributed by atoms with van der Waals surface area (Å²) < 4.78 is 0. The molecule has 1 unspecified atom stereocenters. The maximum absolute atomic E-state index is 11.6. The standard InChI is InChI=1S/C11H22N2O/c1-4-9(7-8-5-6-8)13-10(14)11(2,3)12/h8-9H,4-7,12H2,1-3H3,(H,13,14). The van der Waals surface area contributed by atoms with Crippen LogP contribution in [0.25, 0.3) is 0 Å². The summed E-state index contributed by atoms with van der Waals surface area (Å²) in [4.78, 5) is 11.6. The first-order valence-electron chi connectivity index (χ1n) is 5.53. The topological polar surface area (TPSA) is 55.1 Å². The Morgan fingerprint density at radius 3 is 2.50 bits per heavy atom. The highest BCUT2D eigenvalue weighted by atomic mass is 16.2. The smallest absolute Gasteiger partial charge is 0.239 e. The van der Waals surface area contributed by atoms with Gasteiger partial charge in [0.05, 0.1) is 5.54 Å². The highest BCUT2D eigenvalue weighted by Crippen LogP contribution is 2.34. The zero-order chi connectivity index (χ0) is 10.8. The predicted molar refractivity (Wildman–Crippen MR) is 57.8 cm³/mol. The second kappa shape index (κ2) is 4.30. The molecule has 0 aliphatic heterocycles. The van der Waals surface area contributed by atoms with E-state index >= 15 is 0 Å². The number of carbonyl (C=O) groups excluding carboxylic acids is 1. The molecule has 3 heteroatoms. The second-order valence-electron chi connectivity index (χ2n) is 4.98. The van der Waals surface area contributed by atoms with Crippen molar-refractivity contribution in [3.63, 3.8) is 0 Å². The van der Waals surface area contributed by atoms with Crippen LogP contribution in [-0.4, -0.2) is 17.5 Å². The van der Waals surface area contributed by atoms with Crippen LogP contribution in [0.1, 0.15) is 46.5 Å². The summed E-state index contributed by atoms with van der Waals surface area (Å²) in [7, 11) is 0. The van der Waals surface area contributed by atoms with Crippen molar-refractivity contribution in [2.24, 2.45) is 11.7 Å². The van der Waals surface area contributed by atoms with Crippen LogP contribution in [0, 0.1) is 5.92 Å². The Morgan fingerprint density at radius 1 is 1.57 bits per heavy atom. The van der Waals surface area contributed by atoms with Gasteiger partial charge in [-0.25, -0.2) is 0 Å². The number of hydrogen-bond acceptors (Lipinski definition) is 2. The number of hydrogen-bond donors (Lipinski definition) is 2. The van der Waals surface area contributed by atoms with Gasteiger partial charge in [0, 0.05) is 6.04 Å². The first-order chi connectivity index (χ1) is 6.43. The predicted octanol–water partition coefficient (Wildman–Crippen LogP) is 1.42. The summed E-state index contributed by atoms with van der Waals surface area (Å²) >= 11 is 0. The summed E-state index contributed by atoms with van der Waals surface area (Å²) in [6, 6.07) is 0.317. The van der Waals surface area contributed by atoms with Crippen molar-refractivity contribution in [1.29, 1.82) is 0 Å². The van der Waals surface area contributed by atoms with Gasteiger partial charge in [0.25, 0.3) is 0 Å². The summed E-state index contributed by atoms with van der Waals surface area (Å²) in [6.07, 6.45) is 4.79. The van der Waals surface area contributed by atoms with Gasteiger partial charge in [-0.05, 0) is 32.6 Å². The maximum Gasteiger partial charge on any atom is 0.239 e. The Morgan fingerprint density at radius 2 is 2.14 bits per heavy atom. The van der Waals surface area contributed by atoms with Gasteiger partial charge in [-0.2, -0.15) is 0 Å². The van der Waals surface area contributed by atoms with Crippen molar-refractivity contribution < 1.29 is 4.79 Å². The molecule has 82 valence electrons. The molecule has 3 N–H and O–H groups in total. The lowest BCUT2D eigenvalue weighted by atomic mass is 10.0. The Labute approximate surface area is 86.4 Å². The highest BCUT2D eigenvalue weighted by molar-refractivity contribution is 5.85. The molecule has 0 bridgehead atoms. The molecule has 3 nitrogen and oxygen atoms in total. The number of carbonyl (C=O) groups is 1. The monoisotopic (exact) mass is 198 g/mol. The van der Waals surface area contributed by atoms with Crippen LogP contribution in [0.4, 0.5) is 0 Å². The van der Waals surface area contributed by atoms with Gasteiger partial charge in [-0.1, -0.05) is 19.8 Å². The van der Waals surface area contributed by atoms with E-state index in [0.29, 0.717) is 6.04 Å². The summed E-state index contributed by atoms with van der Waals surface area (Å²) in [5, 5.41) is 3.01. The Kier molecular flexibility index (Phi) is 3.53. The summed E-state index contributed by atoms with van der Waals surface area (Å²) in [6.45, 7) is 5.59. The Bertz CT molecular complexity index is 204. The quantitative estimate of drug-likeness (QED) is 0.702. The molecule has 0 radical (unpaired) electrons. The molecule has 0 saturated heterocycles. The molecule has 1 aliphatic rings. The highest BCUT2D eigenvalue weighted by Gasteiger charge is 2.28. The Hall–Kier alpha value is -0.570. The lowest BCUT2D eigenvalue weighted by molar-refractivity contribution is -0.126. The third-order valence-corrected chi connectivity index (χ3v) is 2.73. The molecule has 0 aromatic rings. The molecule has 1 atom stereocenters. The summed E-state index contributed by atoms with van der Waals surface area (Å²) in [5.74, 6) is 0.811. The molecule has 1 saturated carbocycles. The fourth-order valence-electron chi connectivity index (χ4n) is 1.45. The number of nitrogens with one attached hydrogen (secondary N) is 1. The van der Waals surface area contributed by atoms with E-state index in [0.717, 1.165) is 18.8 Å². The molecule has 0 heterocycles. The van der Waals surface area contributed by atoms with Gasteiger partial charge in [0.1, 0.15) is 0 Å². The van der Waals surface area contributed by atoms with Crippen molar-refractivity contribution in [3.05, 3.63) is 0 Å². The van der Waals surface area contributed by atoms with Crippen LogP contribution >= 0.6 is 0 Å². The molecule has 0 spiro atoms. The van der Waals surface area contributed by atoms with Gasteiger partial charge in [-0.3, -0.25) is 4.79 Å². The van der Waals surface area contributed by atoms with Crippen molar-refractivity contribution >= 4 is 5.91 Å².